The summed E-state index contributed by atoms with van der Waals surface area (Å²) in [5, 5.41) is 23.8. The number of thioether (sulfide) groups is 1. The van der Waals surface area contributed by atoms with Crippen LogP contribution in [0.15, 0.2) is 35.5 Å². The Hall–Kier alpha value is -2.79. The summed E-state index contributed by atoms with van der Waals surface area (Å²) in [4.78, 5) is 24.8. The van der Waals surface area contributed by atoms with Gasteiger partial charge in [-0.3, -0.25) is 14.9 Å². The van der Waals surface area contributed by atoms with Crippen molar-refractivity contribution in [3.05, 3.63) is 46.7 Å². The third-order valence-corrected chi connectivity index (χ3v) is 6.02. The first-order chi connectivity index (χ1) is 14.3. The predicted molar refractivity (Wildman–Crippen MR) is 116 cm³/mol. The SMILES string of the molecule is Cc1nnc(NC(=O)CSc2nnc([C@H](NC(=O)c3ccccc3)C(C)C)n2C)s1. The number of nitrogens with one attached hydrogen (secondary N) is 2. The Morgan fingerprint density at radius 2 is 1.87 bits per heavy atom. The molecule has 3 aromatic rings. The minimum atomic E-state index is -0.317. The molecule has 9 nitrogen and oxygen atoms in total. The van der Waals surface area contributed by atoms with Gasteiger partial charge in [-0.05, 0) is 25.0 Å². The molecule has 30 heavy (non-hydrogen) atoms. The second-order valence-corrected chi connectivity index (χ2v) is 9.05. The van der Waals surface area contributed by atoms with Crippen molar-refractivity contribution in [3.63, 3.8) is 0 Å². The van der Waals surface area contributed by atoms with Crippen LogP contribution in [-0.2, 0) is 11.8 Å². The fraction of sp³-hybridized carbons (Fsp3) is 0.368. The zero-order valence-corrected chi connectivity index (χ0v) is 18.8. The van der Waals surface area contributed by atoms with E-state index in [0.29, 0.717) is 21.7 Å². The molecule has 2 amide bonds. The first-order valence-corrected chi connectivity index (χ1v) is 11.1. The van der Waals surface area contributed by atoms with Gasteiger partial charge >= 0.3 is 0 Å². The van der Waals surface area contributed by atoms with Gasteiger partial charge in [0.05, 0.1) is 11.8 Å². The van der Waals surface area contributed by atoms with Gasteiger partial charge in [-0.15, -0.1) is 20.4 Å². The molecule has 0 spiro atoms. The Bertz CT molecular complexity index is 1020. The van der Waals surface area contributed by atoms with Gasteiger partial charge in [-0.25, -0.2) is 0 Å². The number of carbonyl (C=O) groups is 2. The number of amides is 2. The van der Waals surface area contributed by atoms with E-state index in [9.17, 15) is 9.59 Å². The van der Waals surface area contributed by atoms with E-state index in [-0.39, 0.29) is 29.5 Å². The zero-order valence-electron chi connectivity index (χ0n) is 17.1. The number of benzene rings is 1. The maximum Gasteiger partial charge on any atom is 0.251 e. The van der Waals surface area contributed by atoms with Crippen LogP contribution < -0.4 is 10.6 Å². The van der Waals surface area contributed by atoms with Crippen molar-refractivity contribution in [3.8, 4) is 0 Å². The van der Waals surface area contributed by atoms with Crippen molar-refractivity contribution in [2.24, 2.45) is 13.0 Å². The van der Waals surface area contributed by atoms with Crippen LogP contribution in [0.1, 0.15) is 41.1 Å². The van der Waals surface area contributed by atoms with Crippen molar-refractivity contribution in [2.75, 3.05) is 11.1 Å². The van der Waals surface area contributed by atoms with E-state index >= 15 is 0 Å². The predicted octanol–water partition coefficient (Wildman–Crippen LogP) is 2.83. The van der Waals surface area contributed by atoms with Crippen molar-refractivity contribution >= 4 is 40.0 Å². The summed E-state index contributed by atoms with van der Waals surface area (Å²) in [5.41, 5.74) is 0.587. The summed E-state index contributed by atoms with van der Waals surface area (Å²) in [6.45, 7) is 5.84. The highest BCUT2D eigenvalue weighted by Crippen LogP contribution is 2.24. The van der Waals surface area contributed by atoms with Gasteiger partial charge in [0.2, 0.25) is 11.0 Å². The number of aromatic nitrogens is 5. The minimum absolute atomic E-state index is 0.0994. The molecule has 3 rings (SSSR count). The molecule has 158 valence electrons. The number of carbonyl (C=O) groups excluding carboxylic acids is 2. The molecular formula is C19H23N7O2S2. The Kier molecular flexibility index (Phi) is 7.16. The van der Waals surface area contributed by atoms with Crippen molar-refractivity contribution in [2.45, 2.75) is 32.0 Å². The van der Waals surface area contributed by atoms with Gasteiger partial charge in [-0.1, -0.05) is 55.1 Å². The normalized spacial score (nSPS) is 12.0. The van der Waals surface area contributed by atoms with Crippen molar-refractivity contribution in [1.82, 2.24) is 30.3 Å². The van der Waals surface area contributed by atoms with Gasteiger partial charge in [0, 0.05) is 12.6 Å². The summed E-state index contributed by atoms with van der Waals surface area (Å²) in [5.74, 6) is 0.531. The third-order valence-electron chi connectivity index (χ3n) is 4.24. The molecule has 0 unspecified atom stereocenters. The number of hydrogen-bond acceptors (Lipinski definition) is 8. The maximum absolute atomic E-state index is 12.6. The Morgan fingerprint density at radius 1 is 1.13 bits per heavy atom. The van der Waals surface area contributed by atoms with Crippen LogP contribution in [0.5, 0.6) is 0 Å². The van der Waals surface area contributed by atoms with Gasteiger partial charge in [0.25, 0.3) is 5.91 Å². The Labute approximate surface area is 182 Å². The fourth-order valence-corrected chi connectivity index (χ4v) is 4.02. The van der Waals surface area contributed by atoms with E-state index in [2.05, 4.69) is 31.0 Å². The molecule has 2 aromatic heterocycles. The molecule has 0 aliphatic rings. The second-order valence-electron chi connectivity index (χ2n) is 6.92. The molecule has 0 fully saturated rings. The molecule has 0 aliphatic carbocycles. The first kappa shape index (κ1) is 21.9. The molecule has 0 saturated heterocycles. The lowest BCUT2D eigenvalue weighted by atomic mass is 10.0. The van der Waals surface area contributed by atoms with Gasteiger partial charge in [-0.2, -0.15) is 0 Å². The van der Waals surface area contributed by atoms with Crippen LogP contribution in [-0.4, -0.2) is 42.5 Å². The molecule has 0 bridgehead atoms. The van der Waals surface area contributed by atoms with Crippen molar-refractivity contribution < 1.29 is 9.59 Å². The van der Waals surface area contributed by atoms with Crippen LogP contribution in [0.25, 0.3) is 0 Å². The number of nitrogens with zero attached hydrogens (tertiary/aromatic N) is 5. The van der Waals surface area contributed by atoms with Gasteiger partial charge in [0.1, 0.15) is 5.01 Å². The number of anilines is 1. The van der Waals surface area contributed by atoms with E-state index in [1.165, 1.54) is 23.1 Å². The highest BCUT2D eigenvalue weighted by atomic mass is 32.2. The highest BCUT2D eigenvalue weighted by Gasteiger charge is 2.25. The molecule has 2 heterocycles. The number of hydrogen-bond donors (Lipinski definition) is 2. The lowest BCUT2D eigenvalue weighted by Gasteiger charge is -2.21. The molecular weight excluding hydrogens is 422 g/mol. The average Bonchev–Trinajstić information content (AvgIpc) is 3.30. The summed E-state index contributed by atoms with van der Waals surface area (Å²) >= 11 is 2.59. The highest BCUT2D eigenvalue weighted by molar-refractivity contribution is 7.99. The molecule has 0 saturated carbocycles. The number of aryl methyl sites for hydroxylation is 1. The largest absolute Gasteiger partial charge is 0.342 e. The average molecular weight is 446 g/mol. The molecule has 0 aliphatic heterocycles. The smallest absolute Gasteiger partial charge is 0.251 e. The quantitative estimate of drug-likeness (QED) is 0.512. The summed E-state index contributed by atoms with van der Waals surface area (Å²) in [6, 6.07) is 8.73. The van der Waals surface area contributed by atoms with E-state index < -0.39 is 0 Å². The minimum Gasteiger partial charge on any atom is -0.342 e. The van der Waals surface area contributed by atoms with Crippen LogP contribution in [0, 0.1) is 12.8 Å². The monoisotopic (exact) mass is 445 g/mol. The molecule has 0 radical (unpaired) electrons. The zero-order chi connectivity index (χ0) is 21.7. The number of rotatable bonds is 8. The molecule has 1 aromatic carbocycles. The lowest BCUT2D eigenvalue weighted by molar-refractivity contribution is -0.113. The topological polar surface area (TPSA) is 115 Å². The standard InChI is InChI=1S/C19H23N7O2S2/c1-11(2)15(21-17(28)13-8-6-5-7-9-13)16-23-25-19(26(16)4)29-10-14(27)20-18-24-22-12(3)30-18/h5-9,11,15H,10H2,1-4H3,(H,21,28)(H,20,24,27)/t15-/m1/s1. The van der Waals surface area contributed by atoms with E-state index in [1.54, 1.807) is 12.1 Å². The maximum atomic E-state index is 12.6. The fourth-order valence-electron chi connectivity index (χ4n) is 2.70. The summed E-state index contributed by atoms with van der Waals surface area (Å²) < 4.78 is 1.81. The van der Waals surface area contributed by atoms with E-state index in [4.69, 9.17) is 0 Å². The van der Waals surface area contributed by atoms with E-state index in [1.807, 2.05) is 50.6 Å². The molecule has 2 N–H and O–H groups in total. The Morgan fingerprint density at radius 3 is 2.50 bits per heavy atom. The van der Waals surface area contributed by atoms with Gasteiger partial charge < -0.3 is 9.88 Å². The Balaban J connectivity index is 1.65. The second kappa shape index (κ2) is 9.81. The van der Waals surface area contributed by atoms with Crippen LogP contribution >= 0.6 is 23.1 Å². The van der Waals surface area contributed by atoms with Crippen LogP contribution in [0.2, 0.25) is 0 Å². The molecule has 11 heteroatoms. The third kappa shape index (κ3) is 5.42. The summed E-state index contributed by atoms with van der Waals surface area (Å²) in [7, 11) is 1.83. The van der Waals surface area contributed by atoms with Gasteiger partial charge in [0.15, 0.2) is 11.0 Å². The summed E-state index contributed by atoms with van der Waals surface area (Å²) in [6.07, 6.45) is 0. The van der Waals surface area contributed by atoms with Crippen LogP contribution in [0.4, 0.5) is 5.13 Å². The van der Waals surface area contributed by atoms with E-state index in [0.717, 1.165) is 5.01 Å². The van der Waals surface area contributed by atoms with Crippen LogP contribution in [0.3, 0.4) is 0 Å². The van der Waals surface area contributed by atoms with Crippen molar-refractivity contribution in [1.29, 1.82) is 0 Å². The first-order valence-electron chi connectivity index (χ1n) is 9.33. The lowest BCUT2D eigenvalue weighted by Crippen LogP contribution is -2.33. The molecule has 1 atom stereocenters.